The quantitative estimate of drug-likeness (QED) is 0.456. The molecule has 0 amide bonds. The van der Waals surface area contributed by atoms with Crippen LogP contribution in [0, 0.1) is 12.3 Å². The predicted molar refractivity (Wildman–Crippen MR) is 58.0 cm³/mol. The number of carboxylic acid groups (broad SMARTS) is 1. The molecule has 0 aromatic rings. The van der Waals surface area contributed by atoms with Crippen molar-refractivity contribution in [1.82, 2.24) is 0 Å². The highest BCUT2D eigenvalue weighted by molar-refractivity contribution is 5.66. The Balaban J connectivity index is 2.93. The van der Waals surface area contributed by atoms with Gasteiger partial charge < -0.3 is 5.11 Å². The molecule has 0 radical (unpaired) electrons. The summed E-state index contributed by atoms with van der Waals surface area (Å²) in [6, 6.07) is 0. The summed E-state index contributed by atoms with van der Waals surface area (Å²) in [5.41, 5.74) is 0. The van der Waals surface area contributed by atoms with Crippen LogP contribution in [0.15, 0.2) is 0 Å². The molecule has 0 unspecified atom stereocenters. The zero-order valence-electron chi connectivity index (χ0n) is 8.80. The van der Waals surface area contributed by atoms with Gasteiger partial charge in [-0.25, -0.2) is 0 Å². The Morgan fingerprint density at radius 3 is 2.00 bits per heavy atom. The molecule has 0 atom stereocenters. The Morgan fingerprint density at radius 2 is 1.50 bits per heavy atom. The van der Waals surface area contributed by atoms with Gasteiger partial charge in [-0.15, -0.1) is 12.3 Å². The highest BCUT2D eigenvalue weighted by atomic mass is 16.6. The van der Waals surface area contributed by atoms with E-state index in [1.165, 1.54) is 19.3 Å². The number of unbranched alkanes of at least 4 members (excludes halogenated alkanes) is 7. The summed E-state index contributed by atoms with van der Waals surface area (Å²) in [4.78, 5) is 10.2. The average molecular weight is 198 g/mol. The second-order valence-corrected chi connectivity index (χ2v) is 3.57. The number of carboxylic acids is 1. The largest absolute Gasteiger partial charge is 0.481 e. The molecule has 0 saturated heterocycles. The van der Waals surface area contributed by atoms with Crippen molar-refractivity contribution in [2.75, 3.05) is 0 Å². The minimum absolute atomic E-state index is 0.317. The number of terminal acetylenes is 1. The van der Waals surface area contributed by atoms with Crippen LogP contribution in [0.1, 0.15) is 57.8 Å². The third-order valence-electron chi connectivity index (χ3n) is 2.21. The van der Waals surface area contributed by atoms with Crippen molar-refractivity contribution < 1.29 is 9.90 Å². The lowest BCUT2D eigenvalue weighted by Crippen LogP contribution is -1.93. The van der Waals surface area contributed by atoms with Crippen LogP contribution in [0.25, 0.3) is 0 Å². The van der Waals surface area contributed by atoms with Crippen molar-refractivity contribution in [3.63, 3.8) is 0 Å². The van der Waals surface area contributed by atoms with Crippen LogP contribution >= 0.6 is 0 Å². The summed E-state index contributed by atoms with van der Waals surface area (Å²) in [6.07, 6.45) is 14.1. The maximum absolute atomic E-state index is 10.2. The highest BCUT2D eigenvalue weighted by Crippen LogP contribution is 2.09. The van der Waals surface area contributed by atoms with Gasteiger partial charge in [0.2, 0.25) is 0 Å². The van der Waals surface area contributed by atoms with E-state index in [0.717, 1.165) is 32.1 Å². The third kappa shape index (κ3) is 11.0. The zero-order valence-corrected chi connectivity index (χ0v) is 8.80. The summed E-state index contributed by atoms with van der Waals surface area (Å²) in [5.74, 6) is 1.94. The lowest BCUT2D eigenvalue weighted by molar-refractivity contribution is -0.137. The van der Waals surface area contributed by atoms with Gasteiger partial charge in [0.05, 0.1) is 0 Å². The van der Waals surface area contributed by atoms with Gasteiger partial charge in [-0.2, -0.15) is 0 Å². The monoisotopic (exact) mass is 198 g/mol. The molecule has 0 rings (SSSR count). The number of carbonyl (C=O) groups is 1. The molecule has 0 fully saturated rings. The molecule has 1 N–H and O–H groups in total. The predicted octanol–water partition coefficient (Wildman–Crippen LogP) is 3.22. The fraction of sp³-hybridized carbons (Fsp3) is 0.750. The summed E-state index contributed by atoms with van der Waals surface area (Å²) in [5, 5.41) is 8.39. The molecule has 2 nitrogen and oxygen atoms in total. The van der Waals surface area contributed by atoms with Gasteiger partial charge in [0, 0.05) is 12.8 Å². The number of rotatable bonds is 9. The maximum Gasteiger partial charge on any atom is 0.303 e. The van der Waals surface area contributed by atoms with E-state index in [1.807, 2.05) is 0 Å². The zero-order chi connectivity index (χ0) is 10.6. The first kappa shape index (κ1) is 13.0. The smallest absolute Gasteiger partial charge is 0.303 e. The van der Waals surface area contributed by atoms with E-state index in [2.05, 4.69) is 5.92 Å². The van der Waals surface area contributed by atoms with Gasteiger partial charge >= 0.3 is 5.97 Å². The lowest BCUT2D eigenvalue weighted by Gasteiger charge is -1.99. The summed E-state index contributed by atoms with van der Waals surface area (Å²) >= 11 is 0. The molecule has 0 aromatic heterocycles. The minimum Gasteiger partial charge on any atom is -0.481 e. The van der Waals surface area contributed by atoms with Crippen LogP contribution in [0.3, 0.4) is 0 Å². The average Bonchev–Trinajstić information content (AvgIpc) is 2.15. The van der Waals surface area contributed by atoms with E-state index in [0.29, 0.717) is 6.42 Å². The highest BCUT2D eigenvalue weighted by Gasteiger charge is 1.96. The molecule has 14 heavy (non-hydrogen) atoms. The Kier molecular flexibility index (Phi) is 9.41. The van der Waals surface area contributed by atoms with Crippen LogP contribution in [-0.2, 0) is 4.79 Å². The normalized spacial score (nSPS) is 9.64. The van der Waals surface area contributed by atoms with Crippen LogP contribution < -0.4 is 0 Å². The molecule has 0 aliphatic heterocycles. The molecule has 0 heterocycles. The Morgan fingerprint density at radius 1 is 1.00 bits per heavy atom. The number of aliphatic carboxylic acids is 1. The van der Waals surface area contributed by atoms with Gasteiger partial charge in [0.15, 0.2) is 0 Å². The van der Waals surface area contributed by atoms with E-state index >= 15 is 0 Å². The Hall–Kier alpha value is -0.970. The molecule has 0 aliphatic carbocycles. The fourth-order valence-corrected chi connectivity index (χ4v) is 1.39. The SMILES string of the molecule is C#CCCCCCCCCC[14C](=O)O. The van der Waals surface area contributed by atoms with Crippen LogP contribution in [0.5, 0.6) is 0 Å². The van der Waals surface area contributed by atoms with Crippen molar-refractivity contribution in [3.05, 3.63) is 0 Å². The molecule has 2 heteroatoms. The summed E-state index contributed by atoms with van der Waals surface area (Å²) < 4.78 is 0. The summed E-state index contributed by atoms with van der Waals surface area (Å²) in [6.45, 7) is 0. The molecule has 0 spiro atoms. The van der Waals surface area contributed by atoms with Crippen molar-refractivity contribution in [2.24, 2.45) is 0 Å². The second kappa shape index (κ2) is 10.1. The van der Waals surface area contributed by atoms with Crippen molar-refractivity contribution >= 4 is 5.97 Å². The van der Waals surface area contributed by atoms with Crippen LogP contribution in [-0.4, -0.2) is 11.1 Å². The van der Waals surface area contributed by atoms with Crippen molar-refractivity contribution in [1.29, 1.82) is 0 Å². The fourth-order valence-electron chi connectivity index (χ4n) is 1.39. The first-order chi connectivity index (χ1) is 6.77. The molecule has 0 bridgehead atoms. The van der Waals surface area contributed by atoms with Gasteiger partial charge in [0.1, 0.15) is 0 Å². The first-order valence-electron chi connectivity index (χ1n) is 5.42. The standard InChI is InChI=1S/C12H20O2/c1-2-3-4-5-6-7-8-9-10-11-12(13)14/h1H,3-11H2,(H,13,14)/i12+2. The Bertz CT molecular complexity index is 179. The maximum atomic E-state index is 10.2. The van der Waals surface area contributed by atoms with Gasteiger partial charge in [-0.3, -0.25) is 4.79 Å². The lowest BCUT2D eigenvalue weighted by atomic mass is 10.1. The van der Waals surface area contributed by atoms with Gasteiger partial charge in [-0.05, 0) is 12.8 Å². The molecule has 0 saturated carbocycles. The van der Waals surface area contributed by atoms with E-state index in [-0.39, 0.29) is 0 Å². The third-order valence-corrected chi connectivity index (χ3v) is 2.21. The number of hydrogen-bond donors (Lipinski definition) is 1. The molecular weight excluding hydrogens is 178 g/mol. The Labute approximate surface area is 86.7 Å². The molecular formula is C12H20O2. The van der Waals surface area contributed by atoms with Crippen molar-refractivity contribution in [3.8, 4) is 12.3 Å². The van der Waals surface area contributed by atoms with Gasteiger partial charge in [-0.1, -0.05) is 32.1 Å². The van der Waals surface area contributed by atoms with Crippen molar-refractivity contribution in [2.45, 2.75) is 57.8 Å². The molecule has 0 aliphatic rings. The topological polar surface area (TPSA) is 37.3 Å². The molecule has 80 valence electrons. The minimum atomic E-state index is -0.681. The van der Waals surface area contributed by atoms with E-state index in [4.69, 9.17) is 11.5 Å². The van der Waals surface area contributed by atoms with E-state index in [1.54, 1.807) is 0 Å². The molecule has 0 aromatic carbocycles. The van der Waals surface area contributed by atoms with Crippen LogP contribution in [0.4, 0.5) is 0 Å². The summed E-state index contributed by atoms with van der Waals surface area (Å²) in [7, 11) is 0. The van der Waals surface area contributed by atoms with Crippen LogP contribution in [0.2, 0.25) is 0 Å². The second-order valence-electron chi connectivity index (χ2n) is 3.57. The van der Waals surface area contributed by atoms with E-state index < -0.39 is 5.97 Å². The van der Waals surface area contributed by atoms with E-state index in [9.17, 15) is 4.79 Å². The number of hydrogen-bond acceptors (Lipinski definition) is 1. The van der Waals surface area contributed by atoms with Gasteiger partial charge in [0.25, 0.3) is 0 Å². The first-order valence-corrected chi connectivity index (χ1v) is 5.42.